The molecule has 3 rings (SSSR count). The van der Waals surface area contributed by atoms with Crippen molar-refractivity contribution in [2.45, 2.75) is 50.1 Å². The minimum Gasteiger partial charge on any atom is -0.462 e. The van der Waals surface area contributed by atoms with Gasteiger partial charge in [-0.25, -0.2) is 4.79 Å². The van der Waals surface area contributed by atoms with E-state index in [0.29, 0.717) is 13.0 Å². The Kier molecular flexibility index (Phi) is 8.46. The quantitative estimate of drug-likeness (QED) is 0.263. The Morgan fingerprint density at radius 2 is 1.76 bits per heavy atom. The third-order valence-electron chi connectivity index (χ3n) is 5.17. The summed E-state index contributed by atoms with van der Waals surface area (Å²) in [5, 5.41) is 0. The number of methoxy groups -OCH3 is 1. The minimum atomic E-state index is -4.26. The van der Waals surface area contributed by atoms with Crippen molar-refractivity contribution in [3.05, 3.63) is 59.7 Å². The van der Waals surface area contributed by atoms with Crippen LogP contribution in [-0.4, -0.2) is 51.6 Å². The molecule has 2 aromatic rings. The van der Waals surface area contributed by atoms with Gasteiger partial charge in [-0.3, -0.25) is 4.79 Å². The second kappa shape index (κ2) is 11.3. The maximum Gasteiger partial charge on any atom is 0.340 e. The van der Waals surface area contributed by atoms with Crippen molar-refractivity contribution in [1.82, 2.24) is 4.90 Å². The van der Waals surface area contributed by atoms with Crippen LogP contribution < -0.4 is 4.18 Å². The molecule has 9 heteroatoms. The van der Waals surface area contributed by atoms with E-state index in [1.54, 1.807) is 23.1 Å². The smallest absolute Gasteiger partial charge is 0.340 e. The third-order valence-corrected chi connectivity index (χ3v) is 6.47. The first kappa shape index (κ1) is 24.7. The molecule has 1 amide bonds. The summed E-state index contributed by atoms with van der Waals surface area (Å²) in [4.78, 5) is 26.2. The average Bonchev–Trinajstić information content (AvgIpc) is 3.64. The van der Waals surface area contributed by atoms with Crippen LogP contribution in [-0.2, 0) is 30.9 Å². The zero-order valence-corrected chi connectivity index (χ0v) is 19.7. The molecule has 0 radical (unpaired) electrons. The van der Waals surface area contributed by atoms with Gasteiger partial charge in [-0.05, 0) is 49.1 Å². The molecule has 0 N–H and O–H groups in total. The topological polar surface area (TPSA) is 99.2 Å². The number of hydrogen-bond acceptors (Lipinski definition) is 7. The predicted octanol–water partition coefficient (Wildman–Crippen LogP) is 3.55. The van der Waals surface area contributed by atoms with Crippen LogP contribution in [0.2, 0.25) is 0 Å². The fourth-order valence-corrected chi connectivity index (χ4v) is 4.39. The first-order valence-electron chi connectivity index (χ1n) is 10.9. The molecule has 0 atom stereocenters. The fraction of sp³-hybridized carbons (Fsp3) is 0.417. The van der Waals surface area contributed by atoms with E-state index in [-0.39, 0.29) is 41.4 Å². The molecule has 0 aliphatic heterocycles. The van der Waals surface area contributed by atoms with Crippen molar-refractivity contribution in [2.24, 2.45) is 0 Å². The van der Waals surface area contributed by atoms with Crippen LogP contribution in [0.5, 0.6) is 5.75 Å². The van der Waals surface area contributed by atoms with E-state index in [4.69, 9.17) is 13.7 Å². The van der Waals surface area contributed by atoms with E-state index in [2.05, 4.69) is 0 Å². The summed E-state index contributed by atoms with van der Waals surface area (Å²) in [6.07, 6.45) is 3.48. The Labute approximate surface area is 194 Å². The fourth-order valence-electron chi connectivity index (χ4n) is 3.27. The summed E-state index contributed by atoms with van der Waals surface area (Å²) in [7, 11) is -2.78. The summed E-state index contributed by atoms with van der Waals surface area (Å²) in [5.74, 6) is -0.679. The molecule has 0 spiro atoms. The van der Waals surface area contributed by atoms with Crippen LogP contribution in [0.15, 0.2) is 53.4 Å². The van der Waals surface area contributed by atoms with Crippen molar-refractivity contribution in [1.29, 1.82) is 0 Å². The van der Waals surface area contributed by atoms with Gasteiger partial charge in [0.1, 0.15) is 17.3 Å². The summed E-state index contributed by atoms with van der Waals surface area (Å²) < 4.78 is 41.2. The maximum absolute atomic E-state index is 12.9. The number of carbonyl (C=O) groups excluding carboxylic acids is 2. The van der Waals surface area contributed by atoms with Crippen molar-refractivity contribution >= 4 is 22.0 Å². The van der Waals surface area contributed by atoms with Crippen molar-refractivity contribution in [2.75, 3.05) is 20.3 Å². The number of nitrogens with zero attached hydrogens (tertiary/aromatic N) is 1. The van der Waals surface area contributed by atoms with Crippen LogP contribution >= 0.6 is 0 Å². The van der Waals surface area contributed by atoms with Gasteiger partial charge in [0.15, 0.2) is 0 Å². The van der Waals surface area contributed by atoms with Crippen molar-refractivity contribution in [3.63, 3.8) is 0 Å². The normalized spacial score (nSPS) is 13.4. The second-order valence-corrected chi connectivity index (χ2v) is 9.37. The molecular formula is C24H29NO7S. The summed E-state index contributed by atoms with van der Waals surface area (Å²) in [5.41, 5.74) is 0.776. The Balaban J connectivity index is 1.71. The second-order valence-electron chi connectivity index (χ2n) is 7.85. The number of carbonyl (C=O) groups is 2. The number of hydrogen-bond donors (Lipinski definition) is 0. The number of rotatable bonds is 12. The molecule has 0 saturated heterocycles. The molecule has 1 aliphatic carbocycles. The van der Waals surface area contributed by atoms with Gasteiger partial charge in [0, 0.05) is 19.7 Å². The average molecular weight is 476 g/mol. The predicted molar refractivity (Wildman–Crippen MR) is 121 cm³/mol. The van der Waals surface area contributed by atoms with Gasteiger partial charge in [0.05, 0.1) is 12.2 Å². The Morgan fingerprint density at radius 1 is 1.06 bits per heavy atom. The molecule has 1 fully saturated rings. The van der Waals surface area contributed by atoms with Gasteiger partial charge in [0.2, 0.25) is 5.91 Å². The molecule has 0 aromatic heterocycles. The Bertz CT molecular complexity index is 1060. The molecule has 1 aliphatic rings. The monoisotopic (exact) mass is 475 g/mol. The number of esters is 1. The highest BCUT2D eigenvalue weighted by Gasteiger charge is 2.32. The highest BCUT2D eigenvalue weighted by Crippen LogP contribution is 2.29. The lowest BCUT2D eigenvalue weighted by molar-refractivity contribution is -0.136. The number of amides is 1. The minimum absolute atomic E-state index is 0.0240. The molecule has 8 nitrogen and oxygen atoms in total. The highest BCUT2D eigenvalue weighted by molar-refractivity contribution is 7.87. The van der Waals surface area contributed by atoms with Crippen molar-refractivity contribution in [3.8, 4) is 5.75 Å². The Hall–Kier alpha value is -2.91. The summed E-state index contributed by atoms with van der Waals surface area (Å²) in [6, 6.07) is 12.5. The third kappa shape index (κ3) is 6.79. The lowest BCUT2D eigenvalue weighted by Crippen LogP contribution is -2.35. The number of unbranched alkanes of at least 4 members (excludes halogenated alkanes) is 1. The molecule has 1 saturated carbocycles. The van der Waals surface area contributed by atoms with E-state index in [1.807, 2.05) is 6.92 Å². The first-order chi connectivity index (χ1) is 15.9. The number of ether oxygens (including phenoxy) is 2. The maximum atomic E-state index is 12.9. The highest BCUT2D eigenvalue weighted by atomic mass is 32.2. The van der Waals surface area contributed by atoms with Crippen LogP contribution in [0.1, 0.15) is 48.5 Å². The molecule has 0 unspecified atom stereocenters. The first-order valence-corrected chi connectivity index (χ1v) is 12.3. The molecule has 0 bridgehead atoms. The zero-order chi connectivity index (χ0) is 23.8. The van der Waals surface area contributed by atoms with Crippen LogP contribution in [0, 0.1) is 0 Å². The molecule has 33 heavy (non-hydrogen) atoms. The Morgan fingerprint density at radius 3 is 2.39 bits per heavy atom. The van der Waals surface area contributed by atoms with Gasteiger partial charge in [-0.1, -0.05) is 37.6 Å². The lowest BCUT2D eigenvalue weighted by Gasteiger charge is -2.22. The van der Waals surface area contributed by atoms with Crippen molar-refractivity contribution < 1.29 is 31.7 Å². The summed E-state index contributed by atoms with van der Waals surface area (Å²) >= 11 is 0. The van der Waals surface area contributed by atoms with E-state index in [9.17, 15) is 18.0 Å². The number of benzene rings is 2. The largest absolute Gasteiger partial charge is 0.462 e. The van der Waals surface area contributed by atoms with Gasteiger partial charge in [0.25, 0.3) is 0 Å². The standard InChI is InChI=1S/C24H29NO7S/c1-3-4-15-31-24(27)21-7-5-6-8-22(21)33(28,29)32-20-13-9-18(10-14-20)16-25(19-11-12-19)23(26)17-30-2/h5-10,13-14,19H,3-4,11-12,15-17H2,1-2H3. The SMILES string of the molecule is CCCCOC(=O)c1ccccc1S(=O)(=O)Oc1ccc(CN(C(=O)COC)C2CC2)cc1. The van der Waals surface area contributed by atoms with Crippen LogP contribution in [0.4, 0.5) is 0 Å². The summed E-state index contributed by atoms with van der Waals surface area (Å²) in [6.45, 7) is 2.62. The van der Waals surface area contributed by atoms with E-state index >= 15 is 0 Å². The van der Waals surface area contributed by atoms with Gasteiger partial charge < -0.3 is 18.6 Å². The molecular weight excluding hydrogens is 446 g/mol. The van der Waals surface area contributed by atoms with Gasteiger partial charge in [-0.15, -0.1) is 0 Å². The van der Waals surface area contributed by atoms with Crippen LogP contribution in [0.3, 0.4) is 0 Å². The molecule has 0 heterocycles. The molecule has 178 valence electrons. The lowest BCUT2D eigenvalue weighted by atomic mass is 10.2. The van der Waals surface area contributed by atoms with E-state index < -0.39 is 16.1 Å². The van der Waals surface area contributed by atoms with Crippen LogP contribution in [0.25, 0.3) is 0 Å². The van der Waals surface area contributed by atoms with E-state index in [0.717, 1.165) is 24.8 Å². The van der Waals surface area contributed by atoms with Gasteiger partial charge in [-0.2, -0.15) is 8.42 Å². The van der Waals surface area contributed by atoms with Gasteiger partial charge >= 0.3 is 16.1 Å². The molecule has 2 aromatic carbocycles. The zero-order valence-electron chi connectivity index (χ0n) is 18.9. The van der Waals surface area contributed by atoms with E-state index in [1.165, 1.54) is 37.4 Å².